The highest BCUT2D eigenvalue weighted by Gasteiger charge is 2.23. The van der Waals surface area contributed by atoms with E-state index < -0.39 is 27.7 Å². The van der Waals surface area contributed by atoms with Crippen molar-refractivity contribution in [3.63, 3.8) is 0 Å². The van der Waals surface area contributed by atoms with Gasteiger partial charge in [-0.3, -0.25) is 14.4 Å². The third kappa shape index (κ3) is 6.76. The lowest BCUT2D eigenvalue weighted by atomic mass is 9.97. The summed E-state index contributed by atoms with van der Waals surface area (Å²) in [4.78, 5) is 40.7. The molecule has 1 aliphatic heterocycles. The van der Waals surface area contributed by atoms with Crippen molar-refractivity contribution in [1.29, 1.82) is 0 Å². The Morgan fingerprint density at radius 2 is 1.98 bits per heavy atom. The molecular formula is C26H30FN5O7S. The first-order valence-corrected chi connectivity index (χ1v) is 13.9. The van der Waals surface area contributed by atoms with Crippen LogP contribution in [0.3, 0.4) is 0 Å². The van der Waals surface area contributed by atoms with Gasteiger partial charge in [0.15, 0.2) is 5.82 Å². The first-order chi connectivity index (χ1) is 19.0. The molecule has 0 atom stereocenters. The minimum absolute atomic E-state index is 0.0642. The Balaban J connectivity index is 1.80. The molecule has 0 saturated carbocycles. The molecule has 2 aromatic carbocycles. The molecule has 0 radical (unpaired) electrons. The lowest BCUT2D eigenvalue weighted by Gasteiger charge is -2.21. The average Bonchev–Trinajstić information content (AvgIpc) is 3.11. The second kappa shape index (κ2) is 12.0. The zero-order chi connectivity index (χ0) is 29.0. The fourth-order valence-electron chi connectivity index (χ4n) is 4.31. The van der Waals surface area contributed by atoms with E-state index in [0.29, 0.717) is 30.5 Å². The molecule has 4 rings (SSSR count). The van der Waals surface area contributed by atoms with Crippen LogP contribution in [0, 0.1) is 5.82 Å². The molecule has 40 heavy (non-hydrogen) atoms. The topological polar surface area (TPSA) is 150 Å². The van der Waals surface area contributed by atoms with Crippen molar-refractivity contribution in [1.82, 2.24) is 19.8 Å². The maximum Gasteiger partial charge on any atom is 0.414 e. The molecule has 214 valence electrons. The Labute approximate surface area is 230 Å². The number of nitrogens with one attached hydrogen (secondary N) is 3. The van der Waals surface area contributed by atoms with E-state index in [1.807, 2.05) is 4.90 Å². The van der Waals surface area contributed by atoms with Gasteiger partial charge in [0.05, 0.1) is 12.2 Å². The molecular weight excluding hydrogens is 545 g/mol. The zero-order valence-electron chi connectivity index (χ0n) is 22.2. The second-order valence-electron chi connectivity index (χ2n) is 9.45. The van der Waals surface area contributed by atoms with Gasteiger partial charge in [-0.1, -0.05) is 12.1 Å². The molecule has 0 spiro atoms. The maximum absolute atomic E-state index is 15.4. The normalized spacial score (nSPS) is 14.4. The van der Waals surface area contributed by atoms with Gasteiger partial charge in [-0.2, -0.15) is 8.42 Å². The number of amides is 2. The summed E-state index contributed by atoms with van der Waals surface area (Å²) in [5, 5.41) is 3.34. The molecule has 2 heterocycles. The van der Waals surface area contributed by atoms with Gasteiger partial charge in [-0.25, -0.2) is 18.7 Å². The lowest BCUT2D eigenvalue weighted by molar-refractivity contribution is -0.121. The molecule has 1 aliphatic rings. The van der Waals surface area contributed by atoms with E-state index in [1.54, 1.807) is 12.1 Å². The summed E-state index contributed by atoms with van der Waals surface area (Å²) in [5.74, 6) is -0.829. The molecule has 1 aromatic heterocycles. The maximum atomic E-state index is 15.4. The fraction of sp³-hybridized carbons (Fsp3) is 0.346. The number of ether oxygens (including phenoxy) is 1. The van der Waals surface area contributed by atoms with Crippen molar-refractivity contribution >= 4 is 38.9 Å². The van der Waals surface area contributed by atoms with Gasteiger partial charge in [0.1, 0.15) is 11.3 Å². The van der Waals surface area contributed by atoms with E-state index in [9.17, 15) is 22.8 Å². The summed E-state index contributed by atoms with van der Waals surface area (Å²) < 4.78 is 54.3. The number of carbonyl (C=O) groups excluding carboxylic acids is 2. The van der Waals surface area contributed by atoms with E-state index in [2.05, 4.69) is 14.8 Å². The number of benzene rings is 2. The van der Waals surface area contributed by atoms with Crippen LogP contribution >= 0.6 is 0 Å². The number of halogens is 1. The molecule has 1 fully saturated rings. The largest absolute Gasteiger partial charge is 0.422 e. The first kappa shape index (κ1) is 29.0. The molecule has 3 aromatic rings. The molecule has 0 aliphatic carbocycles. The number of rotatable bonds is 8. The first-order valence-electron chi connectivity index (χ1n) is 12.4. The lowest BCUT2D eigenvalue weighted by Crippen LogP contribution is -2.33. The zero-order valence-corrected chi connectivity index (χ0v) is 23.1. The summed E-state index contributed by atoms with van der Waals surface area (Å²) in [6, 6.07) is 8.81. The third-order valence-electron chi connectivity index (χ3n) is 6.34. The van der Waals surface area contributed by atoms with Crippen molar-refractivity contribution in [2.45, 2.75) is 19.4 Å². The van der Waals surface area contributed by atoms with Gasteiger partial charge < -0.3 is 19.4 Å². The standard InChI is InChI=1S/C26H30FN5O7S/c1-28-40(36,37)30-21-7-4-6-16(24(21)27)12-19-20(14-32-11-5-10-29-23(33)15-32)18-9-8-17(38-26(35)31(2)3)13-22(18)39-25(19)34/h4,6-9,13,28,30H,5,10-12,14-15H2,1-3H3,(H,29,33). The Morgan fingerprint density at radius 3 is 2.70 bits per heavy atom. The molecule has 1 saturated heterocycles. The molecule has 0 unspecified atom stereocenters. The van der Waals surface area contributed by atoms with E-state index in [-0.39, 0.29) is 53.6 Å². The van der Waals surface area contributed by atoms with Crippen LogP contribution in [0.5, 0.6) is 5.75 Å². The Kier molecular flexibility index (Phi) is 8.71. The Hall–Kier alpha value is -4.01. The van der Waals surface area contributed by atoms with E-state index >= 15 is 4.39 Å². The van der Waals surface area contributed by atoms with E-state index in [0.717, 1.165) is 0 Å². The van der Waals surface area contributed by atoms with Crippen molar-refractivity contribution in [2.24, 2.45) is 0 Å². The van der Waals surface area contributed by atoms with Gasteiger partial charge in [0, 0.05) is 64.2 Å². The predicted molar refractivity (Wildman–Crippen MR) is 146 cm³/mol. The molecule has 2 amide bonds. The van der Waals surface area contributed by atoms with Crippen LogP contribution < -0.4 is 25.1 Å². The van der Waals surface area contributed by atoms with Crippen LogP contribution in [0.15, 0.2) is 45.6 Å². The molecule has 14 heteroatoms. The van der Waals surface area contributed by atoms with Crippen LogP contribution in [0.2, 0.25) is 0 Å². The van der Waals surface area contributed by atoms with Gasteiger partial charge in [-0.05, 0) is 35.7 Å². The van der Waals surface area contributed by atoms with Crippen molar-refractivity contribution in [2.75, 3.05) is 45.5 Å². The van der Waals surface area contributed by atoms with E-state index in [4.69, 9.17) is 9.15 Å². The highest BCUT2D eigenvalue weighted by atomic mass is 32.2. The highest BCUT2D eigenvalue weighted by molar-refractivity contribution is 7.90. The van der Waals surface area contributed by atoms with Crippen LogP contribution in [0.25, 0.3) is 11.0 Å². The molecule has 3 N–H and O–H groups in total. The van der Waals surface area contributed by atoms with Crippen LogP contribution in [-0.2, 0) is 28.0 Å². The summed E-state index contributed by atoms with van der Waals surface area (Å²) in [6.07, 6.45) is -0.113. The number of hydrogen-bond acceptors (Lipinski definition) is 8. The number of nitrogens with zero attached hydrogens (tertiary/aromatic N) is 2. The van der Waals surface area contributed by atoms with Crippen LogP contribution in [-0.4, -0.2) is 71.0 Å². The molecule has 0 bridgehead atoms. The number of anilines is 1. The van der Waals surface area contributed by atoms with Crippen molar-refractivity contribution in [3.05, 3.63) is 69.3 Å². The summed E-state index contributed by atoms with van der Waals surface area (Å²) in [5.41, 5.74) is -0.124. The fourth-order valence-corrected chi connectivity index (χ4v) is 4.86. The van der Waals surface area contributed by atoms with Crippen molar-refractivity contribution < 1.29 is 31.6 Å². The van der Waals surface area contributed by atoms with Gasteiger partial charge in [-0.15, -0.1) is 0 Å². The summed E-state index contributed by atoms with van der Waals surface area (Å²) in [7, 11) is 0.269. The summed E-state index contributed by atoms with van der Waals surface area (Å²) in [6.45, 7) is 1.40. The monoisotopic (exact) mass is 575 g/mol. The van der Waals surface area contributed by atoms with Gasteiger partial charge in [0.25, 0.3) is 10.2 Å². The molecule has 12 nitrogen and oxygen atoms in total. The van der Waals surface area contributed by atoms with Crippen LogP contribution in [0.1, 0.15) is 23.1 Å². The average molecular weight is 576 g/mol. The number of carbonyl (C=O) groups is 2. The van der Waals surface area contributed by atoms with E-state index in [1.165, 1.54) is 50.3 Å². The number of fused-ring (bicyclic) bond motifs is 1. The SMILES string of the molecule is CNS(=O)(=O)Nc1cccc(Cc2c(CN3CCCNC(=O)C3)c3ccc(OC(=O)N(C)C)cc3oc2=O)c1F. The van der Waals surface area contributed by atoms with Gasteiger partial charge in [0.2, 0.25) is 5.91 Å². The smallest absolute Gasteiger partial charge is 0.414 e. The Morgan fingerprint density at radius 1 is 1.20 bits per heavy atom. The minimum Gasteiger partial charge on any atom is -0.422 e. The van der Waals surface area contributed by atoms with Crippen LogP contribution in [0.4, 0.5) is 14.9 Å². The highest BCUT2D eigenvalue weighted by Crippen LogP contribution is 2.29. The van der Waals surface area contributed by atoms with Crippen molar-refractivity contribution in [3.8, 4) is 5.75 Å². The van der Waals surface area contributed by atoms with Gasteiger partial charge >= 0.3 is 11.7 Å². The Bertz CT molecular complexity index is 1610. The summed E-state index contributed by atoms with van der Waals surface area (Å²) >= 11 is 0. The quantitative estimate of drug-likeness (QED) is 0.344. The minimum atomic E-state index is -3.98. The number of hydrogen-bond donors (Lipinski definition) is 3. The predicted octanol–water partition coefficient (Wildman–Crippen LogP) is 1.78. The second-order valence-corrected chi connectivity index (χ2v) is 11.1. The third-order valence-corrected chi connectivity index (χ3v) is 7.37.